The van der Waals surface area contributed by atoms with Crippen molar-refractivity contribution in [2.75, 3.05) is 16.2 Å². The Balaban J connectivity index is 1.95. The van der Waals surface area contributed by atoms with Crippen LogP contribution < -0.4 is 9.62 Å². The Morgan fingerprint density at radius 2 is 1.62 bits per heavy atom. The van der Waals surface area contributed by atoms with E-state index in [1.54, 1.807) is 48.5 Å². The van der Waals surface area contributed by atoms with Crippen molar-refractivity contribution in [1.29, 1.82) is 0 Å². The van der Waals surface area contributed by atoms with Crippen LogP contribution in [0.4, 0.5) is 11.4 Å². The molecule has 1 N–H and O–H groups in total. The molecule has 29 heavy (non-hydrogen) atoms. The third-order valence-corrected chi connectivity index (χ3v) is 6.96. The van der Waals surface area contributed by atoms with Gasteiger partial charge in [-0.3, -0.25) is 9.10 Å². The Labute approximate surface area is 188 Å². The zero-order valence-electron chi connectivity index (χ0n) is 15.5. The number of carbonyl (C=O) groups excluding carboxylic acids is 1. The molecule has 0 saturated carbocycles. The molecule has 5 nitrogen and oxygen atoms in total. The van der Waals surface area contributed by atoms with Crippen molar-refractivity contribution in [3.05, 3.63) is 87.0 Å². The average molecular weight is 541 g/mol. The number of amides is 1. The summed E-state index contributed by atoms with van der Waals surface area (Å²) >= 11 is 8.43. The number of hydrogen-bond donors (Lipinski definition) is 1. The number of anilines is 2. The lowest BCUT2D eigenvalue weighted by Crippen LogP contribution is -2.38. The first-order valence-corrected chi connectivity index (χ1v) is 11.6. The predicted octanol–water partition coefficient (Wildman–Crippen LogP) is 5.09. The minimum absolute atomic E-state index is 0.0880. The van der Waals surface area contributed by atoms with Crippen molar-refractivity contribution < 1.29 is 13.2 Å². The summed E-state index contributed by atoms with van der Waals surface area (Å²) in [6.07, 6.45) is 0. The van der Waals surface area contributed by atoms with Crippen molar-refractivity contribution in [1.82, 2.24) is 0 Å². The van der Waals surface area contributed by atoms with E-state index in [1.165, 1.54) is 12.1 Å². The van der Waals surface area contributed by atoms with Crippen LogP contribution in [0.15, 0.2) is 77.7 Å². The smallest absolute Gasteiger partial charge is 0.264 e. The highest BCUT2D eigenvalue weighted by molar-refractivity contribution is 14.1. The van der Waals surface area contributed by atoms with Gasteiger partial charge in [0.25, 0.3) is 10.0 Å². The molecular weight excluding hydrogens is 523 g/mol. The van der Waals surface area contributed by atoms with Crippen LogP contribution in [0.2, 0.25) is 5.02 Å². The second-order valence-electron chi connectivity index (χ2n) is 6.33. The third-order valence-electron chi connectivity index (χ3n) is 4.15. The maximum Gasteiger partial charge on any atom is 0.264 e. The van der Waals surface area contributed by atoms with Crippen molar-refractivity contribution in [3.63, 3.8) is 0 Å². The first kappa shape index (κ1) is 21.6. The molecule has 3 aromatic rings. The van der Waals surface area contributed by atoms with E-state index >= 15 is 0 Å². The monoisotopic (exact) mass is 540 g/mol. The number of halogens is 2. The molecule has 0 spiro atoms. The molecule has 1 amide bonds. The molecule has 0 heterocycles. The number of para-hydroxylation sites is 1. The third kappa shape index (κ3) is 5.29. The van der Waals surface area contributed by atoms with Crippen LogP contribution in [0.5, 0.6) is 0 Å². The lowest BCUT2D eigenvalue weighted by molar-refractivity contribution is -0.114. The van der Waals surface area contributed by atoms with Gasteiger partial charge in [-0.1, -0.05) is 41.4 Å². The van der Waals surface area contributed by atoms with Gasteiger partial charge in [-0.15, -0.1) is 0 Å². The molecule has 0 atom stereocenters. The van der Waals surface area contributed by atoms with Gasteiger partial charge in [0.05, 0.1) is 15.6 Å². The SMILES string of the molecule is Cc1ccc(S(=O)(=O)N(CC(=O)Nc2ccc(I)cc2)c2ccccc2Cl)cc1. The lowest BCUT2D eigenvalue weighted by Gasteiger charge is -2.25. The highest BCUT2D eigenvalue weighted by Gasteiger charge is 2.28. The van der Waals surface area contributed by atoms with E-state index in [-0.39, 0.29) is 15.6 Å². The second kappa shape index (κ2) is 9.15. The summed E-state index contributed by atoms with van der Waals surface area (Å²) in [6.45, 7) is 1.46. The summed E-state index contributed by atoms with van der Waals surface area (Å²) in [7, 11) is -4.00. The number of hydrogen-bond acceptors (Lipinski definition) is 3. The van der Waals surface area contributed by atoms with E-state index < -0.39 is 22.5 Å². The van der Waals surface area contributed by atoms with Gasteiger partial charge >= 0.3 is 0 Å². The molecule has 3 aromatic carbocycles. The zero-order chi connectivity index (χ0) is 21.0. The van der Waals surface area contributed by atoms with Crippen LogP contribution in [0.25, 0.3) is 0 Å². The summed E-state index contributed by atoms with van der Waals surface area (Å²) in [5, 5.41) is 2.97. The maximum absolute atomic E-state index is 13.3. The summed E-state index contributed by atoms with van der Waals surface area (Å²) in [5.41, 5.74) is 1.76. The molecule has 0 bridgehead atoms. The highest BCUT2D eigenvalue weighted by atomic mass is 127. The van der Waals surface area contributed by atoms with E-state index in [2.05, 4.69) is 27.9 Å². The van der Waals surface area contributed by atoms with Crippen LogP contribution >= 0.6 is 34.2 Å². The van der Waals surface area contributed by atoms with Gasteiger partial charge < -0.3 is 5.32 Å². The fraction of sp³-hybridized carbons (Fsp3) is 0.0952. The molecule has 0 fully saturated rings. The van der Waals surface area contributed by atoms with Gasteiger partial charge in [0.15, 0.2) is 0 Å². The predicted molar refractivity (Wildman–Crippen MR) is 125 cm³/mol. The number of carbonyl (C=O) groups is 1. The summed E-state index contributed by atoms with van der Waals surface area (Å²) in [4.78, 5) is 12.8. The van der Waals surface area contributed by atoms with Crippen molar-refractivity contribution >= 4 is 61.5 Å². The van der Waals surface area contributed by atoms with Gasteiger partial charge in [0.2, 0.25) is 5.91 Å². The van der Waals surface area contributed by atoms with Gasteiger partial charge in [-0.25, -0.2) is 8.42 Å². The first-order chi connectivity index (χ1) is 13.8. The van der Waals surface area contributed by atoms with Crippen molar-refractivity contribution in [3.8, 4) is 0 Å². The van der Waals surface area contributed by atoms with Gasteiger partial charge in [0.1, 0.15) is 6.54 Å². The van der Waals surface area contributed by atoms with Crippen LogP contribution in [0, 0.1) is 10.5 Å². The van der Waals surface area contributed by atoms with Crippen LogP contribution in [-0.2, 0) is 14.8 Å². The molecule has 8 heteroatoms. The Bertz CT molecular complexity index is 1120. The molecule has 0 aliphatic heterocycles. The van der Waals surface area contributed by atoms with Crippen LogP contribution in [0.1, 0.15) is 5.56 Å². The topological polar surface area (TPSA) is 66.5 Å². The fourth-order valence-corrected chi connectivity index (χ4v) is 4.74. The first-order valence-electron chi connectivity index (χ1n) is 8.67. The van der Waals surface area contributed by atoms with Crippen LogP contribution in [0.3, 0.4) is 0 Å². The number of nitrogens with one attached hydrogen (secondary N) is 1. The van der Waals surface area contributed by atoms with Crippen molar-refractivity contribution in [2.45, 2.75) is 11.8 Å². The quantitative estimate of drug-likeness (QED) is 0.443. The molecule has 150 valence electrons. The van der Waals surface area contributed by atoms with Crippen LogP contribution in [-0.4, -0.2) is 20.9 Å². The van der Waals surface area contributed by atoms with Gasteiger partial charge in [0, 0.05) is 9.26 Å². The number of sulfonamides is 1. The van der Waals surface area contributed by atoms with E-state index in [9.17, 15) is 13.2 Å². The van der Waals surface area contributed by atoms with E-state index in [0.29, 0.717) is 5.69 Å². The lowest BCUT2D eigenvalue weighted by atomic mass is 10.2. The normalized spacial score (nSPS) is 11.1. The standard InChI is InChI=1S/C21H18ClIN2O3S/c1-15-6-12-18(13-7-15)29(27,28)25(20-5-3-2-4-19(20)22)14-21(26)24-17-10-8-16(23)9-11-17/h2-13H,14H2,1H3,(H,24,26). The highest BCUT2D eigenvalue weighted by Crippen LogP contribution is 2.30. The molecule has 3 rings (SSSR count). The van der Waals surface area contributed by atoms with Gasteiger partial charge in [-0.2, -0.15) is 0 Å². The van der Waals surface area contributed by atoms with E-state index in [0.717, 1.165) is 13.4 Å². The minimum atomic E-state index is -4.00. The molecule has 0 saturated heterocycles. The Kier molecular flexibility index (Phi) is 6.81. The number of benzene rings is 3. The molecule has 0 unspecified atom stereocenters. The zero-order valence-corrected chi connectivity index (χ0v) is 19.2. The fourth-order valence-electron chi connectivity index (χ4n) is 2.66. The van der Waals surface area contributed by atoms with Gasteiger partial charge in [-0.05, 0) is 78.0 Å². The van der Waals surface area contributed by atoms with E-state index in [1.807, 2.05) is 19.1 Å². The molecule has 0 radical (unpaired) electrons. The maximum atomic E-state index is 13.3. The second-order valence-corrected chi connectivity index (χ2v) is 9.85. The summed E-state index contributed by atoms with van der Waals surface area (Å²) in [6, 6.07) is 20.2. The Morgan fingerprint density at radius 1 is 1.00 bits per heavy atom. The summed E-state index contributed by atoms with van der Waals surface area (Å²) < 4.78 is 28.7. The molecule has 0 aliphatic rings. The Hall–Kier alpha value is -2.10. The number of aryl methyl sites for hydroxylation is 1. The molecular formula is C21H18ClIN2O3S. The average Bonchev–Trinajstić information content (AvgIpc) is 2.69. The van der Waals surface area contributed by atoms with E-state index in [4.69, 9.17) is 11.6 Å². The minimum Gasteiger partial charge on any atom is -0.325 e. The number of rotatable bonds is 6. The molecule has 0 aliphatic carbocycles. The Morgan fingerprint density at radius 3 is 2.24 bits per heavy atom. The summed E-state index contributed by atoms with van der Waals surface area (Å²) in [5.74, 6) is -0.471. The molecule has 0 aromatic heterocycles. The van der Waals surface area contributed by atoms with Crippen molar-refractivity contribution in [2.24, 2.45) is 0 Å². The largest absolute Gasteiger partial charge is 0.325 e. The number of nitrogens with zero attached hydrogens (tertiary/aromatic N) is 1.